The van der Waals surface area contributed by atoms with Crippen LogP contribution in [0.15, 0.2) is 12.7 Å². The van der Waals surface area contributed by atoms with Crippen LogP contribution in [0.4, 0.5) is 5.82 Å². The first kappa shape index (κ1) is 17.1. The molecule has 26 heavy (non-hydrogen) atoms. The maximum absolute atomic E-state index is 11.7. The number of fused-ring (bicyclic) bond motifs is 1. The Bertz CT molecular complexity index is 827. The first-order chi connectivity index (χ1) is 12.5. The fourth-order valence-corrected chi connectivity index (χ4v) is 3.56. The molecule has 11 heteroatoms. The number of piperidine rings is 1. The van der Waals surface area contributed by atoms with E-state index in [1.807, 2.05) is 0 Å². The number of ether oxygens (including phenoxy) is 1. The first-order valence-corrected chi connectivity index (χ1v) is 8.46. The van der Waals surface area contributed by atoms with Crippen LogP contribution in [0.3, 0.4) is 0 Å². The molecular weight excluding hydrogens is 342 g/mol. The Hall–Kier alpha value is -2.34. The van der Waals surface area contributed by atoms with Crippen molar-refractivity contribution in [3.05, 3.63) is 12.7 Å². The number of amides is 1. The fraction of sp³-hybridized carbons (Fsp3) is 0.600. The molecule has 2 aliphatic heterocycles. The van der Waals surface area contributed by atoms with Gasteiger partial charge in [0, 0.05) is 6.04 Å². The van der Waals surface area contributed by atoms with Crippen LogP contribution in [0, 0.1) is 0 Å². The highest BCUT2D eigenvalue weighted by Crippen LogP contribution is 2.34. The van der Waals surface area contributed by atoms with E-state index in [9.17, 15) is 15.0 Å². The van der Waals surface area contributed by atoms with E-state index in [4.69, 9.17) is 16.2 Å². The van der Waals surface area contributed by atoms with Gasteiger partial charge in [0.1, 0.15) is 24.1 Å². The molecule has 0 bridgehead atoms. The predicted molar refractivity (Wildman–Crippen MR) is 89.4 cm³/mol. The molecule has 2 saturated heterocycles. The van der Waals surface area contributed by atoms with Crippen LogP contribution in [-0.4, -0.2) is 66.0 Å². The summed E-state index contributed by atoms with van der Waals surface area (Å²) in [6, 6.07) is -0.660. The summed E-state index contributed by atoms with van der Waals surface area (Å²) in [6.07, 6.45) is 0.593. The summed E-state index contributed by atoms with van der Waals surface area (Å²) in [6.45, 7) is 0. The molecule has 2 aliphatic rings. The number of aromatic nitrogens is 4. The van der Waals surface area contributed by atoms with E-state index >= 15 is 0 Å². The third-order valence-corrected chi connectivity index (χ3v) is 5.02. The van der Waals surface area contributed by atoms with Crippen molar-refractivity contribution in [2.75, 3.05) is 5.73 Å². The van der Waals surface area contributed by atoms with Gasteiger partial charge in [-0.05, 0) is 19.3 Å². The molecule has 2 aromatic rings. The Morgan fingerprint density at radius 3 is 2.85 bits per heavy atom. The van der Waals surface area contributed by atoms with E-state index in [1.54, 1.807) is 0 Å². The standard InChI is InChI=1S/C15H21N7O4/c16-7-2-1-6(21-14(7)25)3-8-10(23)11(24)15(26-8)22-5-20-9-12(17)18-4-19-13(9)22/h4-8,10-11,15,23-24H,1-3,16H2,(H,21,25)(H2,17,18,19)/t6-,7-,8?,10?,11?,15?/m0/s1. The van der Waals surface area contributed by atoms with E-state index < -0.39 is 30.6 Å². The van der Waals surface area contributed by atoms with E-state index in [0.717, 1.165) is 0 Å². The summed E-state index contributed by atoms with van der Waals surface area (Å²) >= 11 is 0. The lowest BCUT2D eigenvalue weighted by Crippen LogP contribution is -2.52. The molecule has 11 nitrogen and oxygen atoms in total. The zero-order valence-electron chi connectivity index (χ0n) is 13.9. The molecule has 6 atom stereocenters. The van der Waals surface area contributed by atoms with Crippen LogP contribution in [0.25, 0.3) is 11.2 Å². The number of hydrogen-bond donors (Lipinski definition) is 5. The summed E-state index contributed by atoms with van der Waals surface area (Å²) in [7, 11) is 0. The molecule has 140 valence electrons. The van der Waals surface area contributed by atoms with Gasteiger partial charge in [-0.3, -0.25) is 9.36 Å². The summed E-state index contributed by atoms with van der Waals surface area (Å²) < 4.78 is 7.41. The molecule has 0 saturated carbocycles. The predicted octanol–water partition coefficient (Wildman–Crippen LogP) is -1.98. The maximum Gasteiger partial charge on any atom is 0.237 e. The number of imidazole rings is 1. The number of nitrogens with two attached hydrogens (primary N) is 2. The van der Waals surface area contributed by atoms with Crippen molar-refractivity contribution >= 4 is 22.9 Å². The molecule has 0 spiro atoms. The van der Waals surface area contributed by atoms with Gasteiger partial charge in [0.25, 0.3) is 0 Å². The van der Waals surface area contributed by atoms with Crippen LogP contribution in [0.5, 0.6) is 0 Å². The quantitative estimate of drug-likeness (QED) is 0.414. The minimum absolute atomic E-state index is 0.162. The van der Waals surface area contributed by atoms with Gasteiger partial charge in [-0.15, -0.1) is 0 Å². The normalized spacial score (nSPS) is 35.0. The van der Waals surface area contributed by atoms with E-state index in [-0.39, 0.29) is 17.8 Å². The van der Waals surface area contributed by atoms with Gasteiger partial charge in [0.15, 0.2) is 17.7 Å². The molecule has 0 aromatic carbocycles. The molecule has 4 rings (SSSR count). The number of carbonyl (C=O) groups excluding carboxylic acids is 1. The largest absolute Gasteiger partial charge is 0.388 e. The number of aliphatic hydroxyl groups excluding tert-OH is 2. The highest BCUT2D eigenvalue weighted by Gasteiger charge is 2.45. The van der Waals surface area contributed by atoms with Gasteiger partial charge < -0.3 is 31.7 Å². The number of nitrogens with one attached hydrogen (secondary N) is 1. The maximum atomic E-state index is 11.7. The Labute approximate surface area is 148 Å². The van der Waals surface area contributed by atoms with Crippen molar-refractivity contribution in [2.45, 2.75) is 55.9 Å². The van der Waals surface area contributed by atoms with E-state index in [1.165, 1.54) is 17.2 Å². The molecule has 0 radical (unpaired) electrons. The van der Waals surface area contributed by atoms with Gasteiger partial charge in [-0.1, -0.05) is 0 Å². The van der Waals surface area contributed by atoms with Crippen molar-refractivity contribution < 1.29 is 19.7 Å². The SMILES string of the molecule is Nc1ncnc2c1ncn2C1OC(C[C@@H]2CC[C@H](N)C(=O)N2)C(O)C1O. The minimum atomic E-state index is -1.17. The average Bonchev–Trinajstić information content (AvgIpc) is 3.16. The third kappa shape index (κ3) is 2.78. The molecular formula is C15H21N7O4. The van der Waals surface area contributed by atoms with Crippen molar-refractivity contribution in [1.29, 1.82) is 0 Å². The second kappa shape index (κ2) is 6.43. The monoisotopic (exact) mass is 363 g/mol. The molecule has 4 heterocycles. The van der Waals surface area contributed by atoms with E-state index in [2.05, 4.69) is 20.3 Å². The van der Waals surface area contributed by atoms with Gasteiger partial charge in [-0.25, -0.2) is 15.0 Å². The molecule has 4 unspecified atom stereocenters. The van der Waals surface area contributed by atoms with Crippen LogP contribution in [-0.2, 0) is 9.53 Å². The smallest absolute Gasteiger partial charge is 0.237 e. The van der Waals surface area contributed by atoms with Crippen LogP contribution >= 0.6 is 0 Å². The van der Waals surface area contributed by atoms with Gasteiger partial charge in [-0.2, -0.15) is 0 Å². The van der Waals surface area contributed by atoms with Crippen molar-refractivity contribution in [2.24, 2.45) is 5.73 Å². The average molecular weight is 363 g/mol. The lowest BCUT2D eigenvalue weighted by atomic mass is 9.94. The Kier molecular flexibility index (Phi) is 4.23. The van der Waals surface area contributed by atoms with Gasteiger partial charge in [0.2, 0.25) is 5.91 Å². The Morgan fingerprint density at radius 2 is 2.08 bits per heavy atom. The second-order valence-electron chi connectivity index (χ2n) is 6.75. The lowest BCUT2D eigenvalue weighted by molar-refractivity contribution is -0.125. The number of hydrogen-bond acceptors (Lipinski definition) is 9. The van der Waals surface area contributed by atoms with Gasteiger partial charge >= 0.3 is 0 Å². The number of aliphatic hydroxyl groups is 2. The van der Waals surface area contributed by atoms with E-state index in [0.29, 0.717) is 30.4 Å². The topological polar surface area (TPSA) is 174 Å². The molecule has 2 aromatic heterocycles. The summed E-state index contributed by atoms with van der Waals surface area (Å²) in [5.74, 6) is 0.0122. The number of carbonyl (C=O) groups is 1. The zero-order chi connectivity index (χ0) is 18.4. The molecule has 7 N–H and O–H groups in total. The first-order valence-electron chi connectivity index (χ1n) is 8.46. The summed E-state index contributed by atoms with van der Waals surface area (Å²) in [5, 5.41) is 23.7. The number of nitrogens with zero attached hydrogens (tertiary/aromatic N) is 4. The second-order valence-corrected chi connectivity index (χ2v) is 6.75. The van der Waals surface area contributed by atoms with Crippen molar-refractivity contribution in [1.82, 2.24) is 24.8 Å². The van der Waals surface area contributed by atoms with Crippen LogP contribution < -0.4 is 16.8 Å². The number of anilines is 1. The highest BCUT2D eigenvalue weighted by molar-refractivity contribution is 5.82. The zero-order valence-corrected chi connectivity index (χ0v) is 13.9. The molecule has 2 fully saturated rings. The molecule has 0 aliphatic carbocycles. The number of nitrogen functional groups attached to an aromatic ring is 1. The molecule has 1 amide bonds. The summed E-state index contributed by atoms with van der Waals surface area (Å²) in [5.41, 5.74) is 12.3. The summed E-state index contributed by atoms with van der Waals surface area (Å²) in [4.78, 5) is 23.9. The van der Waals surface area contributed by atoms with Crippen molar-refractivity contribution in [3.8, 4) is 0 Å². The fourth-order valence-electron chi connectivity index (χ4n) is 3.56. The number of rotatable bonds is 3. The van der Waals surface area contributed by atoms with Crippen LogP contribution in [0.2, 0.25) is 0 Å². The third-order valence-electron chi connectivity index (χ3n) is 5.02. The van der Waals surface area contributed by atoms with Crippen LogP contribution in [0.1, 0.15) is 25.5 Å². The highest BCUT2D eigenvalue weighted by atomic mass is 16.6. The Balaban J connectivity index is 1.52. The van der Waals surface area contributed by atoms with Gasteiger partial charge in [0.05, 0.1) is 18.5 Å². The minimum Gasteiger partial charge on any atom is -0.388 e. The Morgan fingerprint density at radius 1 is 1.27 bits per heavy atom. The van der Waals surface area contributed by atoms with Crippen molar-refractivity contribution in [3.63, 3.8) is 0 Å². The lowest BCUT2D eigenvalue weighted by Gasteiger charge is -2.29.